The van der Waals surface area contributed by atoms with E-state index in [0.29, 0.717) is 13.0 Å². The van der Waals surface area contributed by atoms with Crippen LogP contribution in [0, 0.1) is 0 Å². The van der Waals surface area contributed by atoms with E-state index >= 15 is 0 Å². The second-order valence-electron chi connectivity index (χ2n) is 3.95. The van der Waals surface area contributed by atoms with E-state index in [1.54, 1.807) is 18.2 Å². The largest absolute Gasteiger partial charge is 0.292 e. The summed E-state index contributed by atoms with van der Waals surface area (Å²) in [6.45, 7) is 0.433. The van der Waals surface area contributed by atoms with E-state index in [0.717, 1.165) is 12.7 Å². The summed E-state index contributed by atoms with van der Waals surface area (Å²) < 4.78 is 24.4. The van der Waals surface area contributed by atoms with Crippen molar-refractivity contribution < 1.29 is 13.2 Å². The van der Waals surface area contributed by atoms with Crippen molar-refractivity contribution in [3.63, 3.8) is 0 Å². The molecular weight excluding hydrogens is 214 g/mol. The molecule has 1 fully saturated rings. The number of hydrogen-bond donors (Lipinski definition) is 0. The minimum atomic E-state index is -3.32. The van der Waals surface area contributed by atoms with Crippen molar-refractivity contribution in [2.24, 2.45) is 0 Å². The van der Waals surface area contributed by atoms with Crippen molar-refractivity contribution in [1.82, 2.24) is 4.31 Å². The van der Waals surface area contributed by atoms with Crippen LogP contribution < -0.4 is 0 Å². The topological polar surface area (TPSA) is 54.5 Å². The molecule has 15 heavy (non-hydrogen) atoms. The summed E-state index contributed by atoms with van der Waals surface area (Å²) in [6, 6.07) is 0. The van der Waals surface area contributed by atoms with Gasteiger partial charge in [-0.05, 0) is 18.9 Å². The van der Waals surface area contributed by atoms with Crippen LogP contribution >= 0.6 is 0 Å². The molecule has 0 aromatic rings. The summed E-state index contributed by atoms with van der Waals surface area (Å²) >= 11 is 0. The Morgan fingerprint density at radius 2 is 2.13 bits per heavy atom. The SMILES string of the molecule is CS(=O)(=O)N1CCCC12C=CC=CC2=O. The number of carbonyl (C=O) groups excluding carboxylic acids is 1. The van der Waals surface area contributed by atoms with Crippen molar-refractivity contribution in [1.29, 1.82) is 0 Å². The Kier molecular flexibility index (Phi) is 2.31. The first-order valence-corrected chi connectivity index (χ1v) is 6.70. The molecule has 82 valence electrons. The Labute approximate surface area is 89.3 Å². The van der Waals surface area contributed by atoms with Gasteiger partial charge >= 0.3 is 0 Å². The maximum absolute atomic E-state index is 11.8. The van der Waals surface area contributed by atoms with Gasteiger partial charge in [-0.25, -0.2) is 8.42 Å². The molecule has 1 saturated heterocycles. The van der Waals surface area contributed by atoms with Crippen LogP contribution in [0.4, 0.5) is 0 Å². The van der Waals surface area contributed by atoms with Crippen molar-refractivity contribution >= 4 is 15.8 Å². The molecule has 2 rings (SSSR count). The van der Waals surface area contributed by atoms with Crippen LogP contribution in [-0.4, -0.2) is 36.8 Å². The Balaban J connectivity index is 2.48. The lowest BCUT2D eigenvalue weighted by atomic mass is 9.88. The van der Waals surface area contributed by atoms with Gasteiger partial charge in [0.25, 0.3) is 0 Å². The Bertz CT molecular complexity index is 449. The Morgan fingerprint density at radius 1 is 1.40 bits per heavy atom. The van der Waals surface area contributed by atoms with Crippen molar-refractivity contribution in [3.05, 3.63) is 24.3 Å². The summed E-state index contributed by atoms with van der Waals surface area (Å²) in [6.07, 6.45) is 9.00. The zero-order valence-electron chi connectivity index (χ0n) is 8.51. The third kappa shape index (κ3) is 1.55. The van der Waals surface area contributed by atoms with Crippen LogP contribution in [0.3, 0.4) is 0 Å². The van der Waals surface area contributed by atoms with E-state index < -0.39 is 15.6 Å². The first-order chi connectivity index (χ1) is 6.97. The standard InChI is InChI=1S/C10H13NO3S/c1-15(13,14)11-8-4-7-10(11)6-3-2-5-9(10)12/h2-3,5-6H,4,7-8H2,1H3. The lowest BCUT2D eigenvalue weighted by molar-refractivity contribution is -0.120. The Hall–Kier alpha value is -0.940. The highest BCUT2D eigenvalue weighted by Gasteiger charge is 2.48. The summed E-state index contributed by atoms with van der Waals surface area (Å²) in [4.78, 5) is 11.8. The number of carbonyl (C=O) groups is 1. The van der Waals surface area contributed by atoms with Crippen LogP contribution in [0.15, 0.2) is 24.3 Å². The van der Waals surface area contributed by atoms with Gasteiger partial charge in [0.05, 0.1) is 6.26 Å². The molecule has 2 aliphatic rings. The van der Waals surface area contributed by atoms with Crippen LogP contribution in [-0.2, 0) is 14.8 Å². The van der Waals surface area contributed by atoms with E-state index in [9.17, 15) is 13.2 Å². The minimum absolute atomic E-state index is 0.132. The molecule has 0 amide bonds. The molecule has 0 aromatic carbocycles. The number of nitrogens with zero attached hydrogens (tertiary/aromatic N) is 1. The van der Waals surface area contributed by atoms with Crippen LogP contribution in [0.5, 0.6) is 0 Å². The number of rotatable bonds is 1. The van der Waals surface area contributed by atoms with Gasteiger partial charge in [0, 0.05) is 6.54 Å². The average Bonchev–Trinajstić information content (AvgIpc) is 2.55. The van der Waals surface area contributed by atoms with E-state index in [2.05, 4.69) is 0 Å². The van der Waals surface area contributed by atoms with E-state index in [1.807, 2.05) is 0 Å². The molecule has 5 heteroatoms. The monoisotopic (exact) mass is 227 g/mol. The predicted octanol–water partition coefficient (Wildman–Crippen LogP) is 0.476. The predicted molar refractivity (Wildman–Crippen MR) is 56.8 cm³/mol. The molecule has 4 nitrogen and oxygen atoms in total. The number of allylic oxidation sites excluding steroid dienone is 2. The third-order valence-electron chi connectivity index (χ3n) is 2.92. The maximum atomic E-state index is 11.8. The first-order valence-electron chi connectivity index (χ1n) is 4.85. The van der Waals surface area contributed by atoms with Gasteiger partial charge in [-0.3, -0.25) is 4.79 Å². The quantitative estimate of drug-likeness (QED) is 0.654. The molecule has 1 unspecified atom stereocenters. The van der Waals surface area contributed by atoms with Gasteiger partial charge in [-0.2, -0.15) is 4.31 Å². The normalized spacial score (nSPS) is 31.7. The van der Waals surface area contributed by atoms with Gasteiger partial charge in [0.2, 0.25) is 10.0 Å². The van der Waals surface area contributed by atoms with Gasteiger partial charge in [-0.15, -0.1) is 0 Å². The molecule has 1 heterocycles. The van der Waals surface area contributed by atoms with Gasteiger partial charge in [0.15, 0.2) is 5.78 Å². The smallest absolute Gasteiger partial charge is 0.212 e. The molecule has 0 radical (unpaired) electrons. The lowest BCUT2D eigenvalue weighted by Gasteiger charge is -2.32. The maximum Gasteiger partial charge on any atom is 0.212 e. The van der Waals surface area contributed by atoms with Gasteiger partial charge < -0.3 is 0 Å². The molecule has 1 aliphatic heterocycles. The Morgan fingerprint density at radius 3 is 2.73 bits per heavy atom. The summed E-state index contributed by atoms with van der Waals surface area (Å²) in [5, 5.41) is 0. The fourth-order valence-corrected chi connectivity index (χ4v) is 3.57. The second kappa shape index (κ2) is 3.28. The highest BCUT2D eigenvalue weighted by molar-refractivity contribution is 7.88. The fourth-order valence-electron chi connectivity index (χ4n) is 2.27. The van der Waals surface area contributed by atoms with Crippen LogP contribution in [0.25, 0.3) is 0 Å². The molecule has 0 N–H and O–H groups in total. The van der Waals surface area contributed by atoms with E-state index in [1.165, 1.54) is 10.4 Å². The molecule has 0 aromatic heterocycles. The lowest BCUT2D eigenvalue weighted by Crippen LogP contribution is -2.51. The molecule has 1 atom stereocenters. The first kappa shape index (κ1) is 10.6. The van der Waals surface area contributed by atoms with Gasteiger partial charge in [0.1, 0.15) is 5.54 Å². The molecule has 0 bridgehead atoms. The zero-order chi connectivity index (χ0) is 11.1. The average molecular weight is 227 g/mol. The molecular formula is C10H13NO3S. The van der Waals surface area contributed by atoms with Crippen molar-refractivity contribution in [2.45, 2.75) is 18.4 Å². The number of ketones is 1. The summed E-state index contributed by atoms with van der Waals surface area (Å²) in [5.74, 6) is -0.132. The van der Waals surface area contributed by atoms with E-state index in [4.69, 9.17) is 0 Å². The van der Waals surface area contributed by atoms with Crippen LogP contribution in [0.1, 0.15) is 12.8 Å². The summed E-state index contributed by atoms with van der Waals surface area (Å²) in [7, 11) is -3.32. The number of hydrogen-bond acceptors (Lipinski definition) is 3. The summed E-state index contributed by atoms with van der Waals surface area (Å²) in [5.41, 5.74) is -0.928. The minimum Gasteiger partial charge on any atom is -0.292 e. The third-order valence-corrected chi connectivity index (χ3v) is 4.23. The zero-order valence-corrected chi connectivity index (χ0v) is 9.33. The van der Waals surface area contributed by atoms with Crippen molar-refractivity contribution in [2.75, 3.05) is 12.8 Å². The van der Waals surface area contributed by atoms with E-state index in [-0.39, 0.29) is 5.78 Å². The molecule has 1 aliphatic carbocycles. The fraction of sp³-hybridized carbons (Fsp3) is 0.500. The van der Waals surface area contributed by atoms with Crippen LogP contribution in [0.2, 0.25) is 0 Å². The second-order valence-corrected chi connectivity index (χ2v) is 5.85. The molecule has 0 saturated carbocycles. The highest BCUT2D eigenvalue weighted by Crippen LogP contribution is 2.35. The molecule has 1 spiro atoms. The highest BCUT2D eigenvalue weighted by atomic mass is 32.2. The van der Waals surface area contributed by atoms with Crippen molar-refractivity contribution in [3.8, 4) is 0 Å². The number of sulfonamides is 1. The van der Waals surface area contributed by atoms with Gasteiger partial charge in [-0.1, -0.05) is 18.2 Å².